The monoisotopic (exact) mass is 376 g/mol. The molecule has 1 aromatic carbocycles. The van der Waals surface area contributed by atoms with Crippen LogP contribution in [0.2, 0.25) is 0 Å². The third-order valence-electron chi connectivity index (χ3n) is 5.58. The van der Waals surface area contributed by atoms with Gasteiger partial charge in [-0.25, -0.2) is 9.55 Å². The van der Waals surface area contributed by atoms with Gasteiger partial charge in [-0.15, -0.1) is 0 Å². The number of pyridine rings is 3. The summed E-state index contributed by atoms with van der Waals surface area (Å²) in [5.74, 6) is 2.94. The Bertz CT molecular complexity index is 1310. The number of para-hydroxylation sites is 1. The summed E-state index contributed by atoms with van der Waals surface area (Å²) >= 11 is 0. The SMILES string of the molecule is C1=C(c2ccc[n+](-c3ccccn3)c2)CC2C(=C1)Oc1cc3ccccc3nc12. The molecule has 4 heteroatoms. The molecule has 0 radical (unpaired) electrons. The van der Waals surface area contributed by atoms with Gasteiger partial charge in [0.1, 0.15) is 23.9 Å². The number of aromatic nitrogens is 3. The Balaban J connectivity index is 1.37. The summed E-state index contributed by atoms with van der Waals surface area (Å²) in [5, 5.41) is 1.11. The summed E-state index contributed by atoms with van der Waals surface area (Å²) in [6.07, 6.45) is 11.1. The molecule has 0 bridgehead atoms. The Kier molecular flexibility index (Phi) is 3.56. The summed E-state index contributed by atoms with van der Waals surface area (Å²) in [6, 6.07) is 20.4. The van der Waals surface area contributed by atoms with Gasteiger partial charge in [-0.3, -0.25) is 0 Å². The molecule has 138 valence electrons. The summed E-state index contributed by atoms with van der Waals surface area (Å²) in [4.78, 5) is 9.37. The van der Waals surface area contributed by atoms with Crippen molar-refractivity contribution in [2.24, 2.45) is 0 Å². The molecule has 29 heavy (non-hydrogen) atoms. The van der Waals surface area contributed by atoms with Gasteiger partial charge in [0.25, 0.3) is 0 Å². The number of allylic oxidation sites excluding steroid dienone is 4. The van der Waals surface area contributed by atoms with Gasteiger partial charge in [0.05, 0.1) is 23.3 Å². The molecular weight excluding hydrogens is 358 g/mol. The molecule has 3 aromatic heterocycles. The Morgan fingerprint density at radius 1 is 0.966 bits per heavy atom. The third kappa shape index (κ3) is 2.72. The maximum absolute atomic E-state index is 6.14. The van der Waals surface area contributed by atoms with Crippen molar-refractivity contribution in [3.63, 3.8) is 0 Å². The molecular formula is C25H18N3O+. The second-order valence-electron chi connectivity index (χ2n) is 7.37. The van der Waals surface area contributed by atoms with E-state index in [4.69, 9.17) is 9.72 Å². The van der Waals surface area contributed by atoms with E-state index in [-0.39, 0.29) is 5.92 Å². The number of ether oxygens (including phenoxy) is 1. The fourth-order valence-corrected chi connectivity index (χ4v) is 4.12. The molecule has 4 aromatic rings. The molecule has 0 amide bonds. The van der Waals surface area contributed by atoms with Crippen molar-refractivity contribution in [3.8, 4) is 11.6 Å². The van der Waals surface area contributed by atoms with Gasteiger partial charge in [-0.2, -0.15) is 0 Å². The van der Waals surface area contributed by atoms with Crippen LogP contribution < -0.4 is 9.30 Å². The van der Waals surface area contributed by atoms with Crippen LogP contribution in [0.1, 0.15) is 23.6 Å². The number of nitrogens with zero attached hydrogens (tertiary/aromatic N) is 3. The molecule has 0 fully saturated rings. The highest BCUT2D eigenvalue weighted by molar-refractivity contribution is 5.81. The molecule has 4 nitrogen and oxygen atoms in total. The predicted octanol–water partition coefficient (Wildman–Crippen LogP) is 4.75. The van der Waals surface area contributed by atoms with Crippen molar-refractivity contribution in [1.29, 1.82) is 0 Å². The van der Waals surface area contributed by atoms with Gasteiger partial charge < -0.3 is 4.74 Å². The van der Waals surface area contributed by atoms with Crippen LogP contribution in [0.15, 0.2) is 97.2 Å². The van der Waals surface area contributed by atoms with E-state index >= 15 is 0 Å². The quantitative estimate of drug-likeness (QED) is 0.474. The van der Waals surface area contributed by atoms with Crippen LogP contribution in [0.5, 0.6) is 5.75 Å². The van der Waals surface area contributed by atoms with Crippen LogP contribution in [-0.4, -0.2) is 9.97 Å². The smallest absolute Gasteiger partial charge is 0.327 e. The van der Waals surface area contributed by atoms with Crippen LogP contribution in [0.3, 0.4) is 0 Å². The van der Waals surface area contributed by atoms with Gasteiger partial charge in [-0.05, 0) is 53.4 Å². The maximum Gasteiger partial charge on any atom is 0.327 e. The minimum Gasteiger partial charge on any atom is -0.459 e. The minimum absolute atomic E-state index is 0.165. The highest BCUT2D eigenvalue weighted by atomic mass is 16.5. The van der Waals surface area contributed by atoms with Crippen LogP contribution >= 0.6 is 0 Å². The first-order valence-corrected chi connectivity index (χ1v) is 9.76. The van der Waals surface area contributed by atoms with Crippen LogP contribution in [0, 0.1) is 0 Å². The van der Waals surface area contributed by atoms with Crippen molar-refractivity contribution in [1.82, 2.24) is 9.97 Å². The average Bonchev–Trinajstić information content (AvgIpc) is 3.15. The number of fused-ring (bicyclic) bond motifs is 4. The van der Waals surface area contributed by atoms with Crippen molar-refractivity contribution in [2.45, 2.75) is 12.3 Å². The highest BCUT2D eigenvalue weighted by Crippen LogP contribution is 2.47. The van der Waals surface area contributed by atoms with Crippen LogP contribution in [-0.2, 0) is 0 Å². The molecule has 1 atom stereocenters. The number of hydrogen-bond acceptors (Lipinski definition) is 3. The Morgan fingerprint density at radius 2 is 1.90 bits per heavy atom. The largest absolute Gasteiger partial charge is 0.459 e. The Morgan fingerprint density at radius 3 is 2.83 bits per heavy atom. The first-order chi connectivity index (χ1) is 14.3. The molecule has 1 aliphatic carbocycles. The zero-order chi connectivity index (χ0) is 19.2. The van der Waals surface area contributed by atoms with E-state index in [1.807, 2.05) is 42.7 Å². The molecule has 0 saturated carbocycles. The first-order valence-electron chi connectivity index (χ1n) is 9.76. The average molecular weight is 376 g/mol. The molecule has 0 saturated heterocycles. The van der Waals surface area contributed by atoms with Gasteiger partial charge in [-0.1, -0.05) is 30.3 Å². The lowest BCUT2D eigenvalue weighted by Crippen LogP contribution is -2.31. The Labute approximate surface area is 168 Å². The van der Waals surface area contributed by atoms with E-state index in [1.54, 1.807) is 0 Å². The molecule has 4 heterocycles. The first kappa shape index (κ1) is 16.2. The minimum atomic E-state index is 0.165. The summed E-state index contributed by atoms with van der Waals surface area (Å²) < 4.78 is 8.19. The van der Waals surface area contributed by atoms with Gasteiger partial charge >= 0.3 is 5.82 Å². The molecule has 0 spiro atoms. The Hall–Kier alpha value is -3.79. The van der Waals surface area contributed by atoms with Crippen molar-refractivity contribution >= 4 is 16.5 Å². The third-order valence-corrected chi connectivity index (χ3v) is 5.58. The number of hydrogen-bond donors (Lipinski definition) is 0. The van der Waals surface area contributed by atoms with E-state index in [0.29, 0.717) is 0 Å². The van der Waals surface area contributed by atoms with Crippen LogP contribution in [0.4, 0.5) is 0 Å². The topological polar surface area (TPSA) is 38.9 Å². The van der Waals surface area contributed by atoms with Gasteiger partial charge in [0.15, 0.2) is 0 Å². The van der Waals surface area contributed by atoms with E-state index in [2.05, 4.69) is 58.2 Å². The van der Waals surface area contributed by atoms with E-state index in [1.165, 1.54) is 11.1 Å². The highest BCUT2D eigenvalue weighted by Gasteiger charge is 2.34. The lowest BCUT2D eigenvalue weighted by Gasteiger charge is -2.17. The van der Waals surface area contributed by atoms with Gasteiger partial charge in [0.2, 0.25) is 0 Å². The van der Waals surface area contributed by atoms with E-state index < -0.39 is 0 Å². The normalized spacial score (nSPS) is 17.2. The molecule has 1 unspecified atom stereocenters. The molecule has 0 N–H and O–H groups in total. The zero-order valence-corrected chi connectivity index (χ0v) is 15.7. The van der Waals surface area contributed by atoms with E-state index in [9.17, 15) is 0 Å². The summed E-state index contributed by atoms with van der Waals surface area (Å²) in [6.45, 7) is 0. The number of rotatable bonds is 2. The second-order valence-corrected chi connectivity index (χ2v) is 7.37. The summed E-state index contributed by atoms with van der Waals surface area (Å²) in [5.41, 5.74) is 4.51. The fourth-order valence-electron chi connectivity index (χ4n) is 4.12. The van der Waals surface area contributed by atoms with Crippen molar-refractivity contribution in [3.05, 3.63) is 108 Å². The fraction of sp³-hybridized carbons (Fsp3) is 0.0800. The molecule has 1 aliphatic heterocycles. The zero-order valence-electron chi connectivity index (χ0n) is 15.7. The lowest BCUT2D eigenvalue weighted by atomic mass is 9.87. The second kappa shape index (κ2) is 6.38. The predicted molar refractivity (Wildman–Crippen MR) is 112 cm³/mol. The summed E-state index contributed by atoms with van der Waals surface area (Å²) in [7, 11) is 0. The van der Waals surface area contributed by atoms with Crippen molar-refractivity contribution < 1.29 is 9.30 Å². The molecule has 2 aliphatic rings. The van der Waals surface area contributed by atoms with E-state index in [0.717, 1.165) is 40.3 Å². The number of benzene rings is 1. The van der Waals surface area contributed by atoms with Gasteiger partial charge in [0, 0.05) is 17.0 Å². The maximum atomic E-state index is 6.14. The lowest BCUT2D eigenvalue weighted by molar-refractivity contribution is -0.599. The van der Waals surface area contributed by atoms with Crippen LogP contribution in [0.25, 0.3) is 22.3 Å². The standard InChI is InChI=1S/C25H18N3O/c1-2-8-21-18(6-1)15-23-25(27-21)20-14-17(10-11-22(20)29-23)19-7-5-13-28(16-19)24-9-3-4-12-26-24/h1-13,15-16,20H,14H2/q+1. The van der Waals surface area contributed by atoms with Crippen molar-refractivity contribution in [2.75, 3.05) is 0 Å². The molecule has 6 rings (SSSR count).